The molecule has 2 heterocycles. The summed E-state index contributed by atoms with van der Waals surface area (Å²) in [6.45, 7) is 5.08. The number of nitrogens with zero attached hydrogens (tertiary/aromatic N) is 3. The van der Waals surface area contributed by atoms with Gasteiger partial charge in [0.15, 0.2) is 0 Å². The highest BCUT2D eigenvalue weighted by Gasteiger charge is 2.20. The van der Waals surface area contributed by atoms with E-state index in [9.17, 15) is 9.18 Å². The summed E-state index contributed by atoms with van der Waals surface area (Å²) in [7, 11) is 0. The van der Waals surface area contributed by atoms with E-state index in [1.807, 2.05) is 25.1 Å². The largest absolute Gasteiger partial charge is 0.465 e. The summed E-state index contributed by atoms with van der Waals surface area (Å²) in [6.07, 6.45) is -0.858. The van der Waals surface area contributed by atoms with Crippen LogP contribution in [-0.2, 0) is 6.54 Å². The van der Waals surface area contributed by atoms with Gasteiger partial charge in [0.2, 0.25) is 0 Å². The molecule has 6 heteroatoms. The zero-order valence-electron chi connectivity index (χ0n) is 13.6. The van der Waals surface area contributed by atoms with Crippen LogP contribution < -0.4 is 0 Å². The van der Waals surface area contributed by atoms with Crippen molar-refractivity contribution in [2.24, 2.45) is 0 Å². The fourth-order valence-electron chi connectivity index (χ4n) is 2.99. The lowest BCUT2D eigenvalue weighted by Gasteiger charge is -2.32. The molecule has 0 unspecified atom stereocenters. The van der Waals surface area contributed by atoms with Crippen LogP contribution in [0.5, 0.6) is 0 Å². The minimum atomic E-state index is -0.858. The predicted octanol–water partition coefficient (Wildman–Crippen LogP) is 2.99. The van der Waals surface area contributed by atoms with E-state index in [0.29, 0.717) is 32.7 Å². The number of pyridine rings is 1. The van der Waals surface area contributed by atoms with Crippen molar-refractivity contribution in [1.82, 2.24) is 14.8 Å². The molecule has 0 radical (unpaired) electrons. The van der Waals surface area contributed by atoms with Crippen LogP contribution in [-0.4, -0.2) is 52.2 Å². The summed E-state index contributed by atoms with van der Waals surface area (Å²) in [5, 5.41) is 8.98. The number of hydrogen-bond acceptors (Lipinski definition) is 3. The molecule has 1 aliphatic heterocycles. The number of rotatable bonds is 3. The van der Waals surface area contributed by atoms with E-state index < -0.39 is 6.09 Å². The second kappa shape index (κ2) is 6.97. The Morgan fingerprint density at radius 3 is 2.58 bits per heavy atom. The molecule has 0 aliphatic carbocycles. The Labute approximate surface area is 140 Å². The molecular formula is C18H20FN3O2. The Hall–Kier alpha value is -2.47. The van der Waals surface area contributed by atoms with Crippen LogP contribution in [0, 0.1) is 12.7 Å². The van der Waals surface area contributed by atoms with Crippen LogP contribution >= 0.6 is 0 Å². The first-order valence-corrected chi connectivity index (χ1v) is 7.95. The molecule has 1 amide bonds. The number of halogens is 1. The molecule has 1 aliphatic rings. The lowest BCUT2D eigenvalue weighted by atomic mass is 10.0. The van der Waals surface area contributed by atoms with E-state index in [-0.39, 0.29) is 5.82 Å². The first-order chi connectivity index (χ1) is 11.5. The molecule has 1 aromatic heterocycles. The number of benzene rings is 1. The lowest BCUT2D eigenvalue weighted by Crippen LogP contribution is -2.47. The second-order valence-corrected chi connectivity index (χ2v) is 5.99. The topological polar surface area (TPSA) is 56.7 Å². The molecule has 126 valence electrons. The van der Waals surface area contributed by atoms with E-state index in [4.69, 9.17) is 5.11 Å². The number of piperazine rings is 1. The second-order valence-electron chi connectivity index (χ2n) is 5.99. The van der Waals surface area contributed by atoms with Gasteiger partial charge in [0.25, 0.3) is 0 Å². The number of hydrogen-bond donors (Lipinski definition) is 1. The van der Waals surface area contributed by atoms with Crippen LogP contribution in [0.15, 0.2) is 36.4 Å². The molecule has 0 saturated carbocycles. The number of aryl methyl sites for hydroxylation is 1. The zero-order valence-corrected chi connectivity index (χ0v) is 13.6. The third-order valence-electron chi connectivity index (χ3n) is 4.31. The van der Waals surface area contributed by atoms with E-state index >= 15 is 0 Å². The van der Waals surface area contributed by atoms with Crippen molar-refractivity contribution < 1.29 is 14.3 Å². The molecule has 2 aromatic rings. The summed E-state index contributed by atoms with van der Waals surface area (Å²) < 4.78 is 13.4. The summed E-state index contributed by atoms with van der Waals surface area (Å²) in [6, 6.07) is 10.4. The molecular weight excluding hydrogens is 309 g/mol. The number of carboxylic acid groups (broad SMARTS) is 1. The highest BCUT2D eigenvalue weighted by molar-refractivity contribution is 5.66. The van der Waals surface area contributed by atoms with Gasteiger partial charge in [-0.15, -0.1) is 0 Å². The summed E-state index contributed by atoms with van der Waals surface area (Å²) in [5.41, 5.74) is 3.55. The SMILES string of the molecule is Cc1nc(CN2CCN(C(=O)O)CC2)ccc1-c1cccc(F)c1. The Morgan fingerprint density at radius 1 is 1.21 bits per heavy atom. The molecule has 0 bridgehead atoms. The van der Waals surface area contributed by atoms with Gasteiger partial charge >= 0.3 is 6.09 Å². The zero-order chi connectivity index (χ0) is 17.1. The van der Waals surface area contributed by atoms with Crippen LogP contribution in [0.25, 0.3) is 11.1 Å². The van der Waals surface area contributed by atoms with Crippen molar-refractivity contribution in [3.05, 3.63) is 53.6 Å². The Morgan fingerprint density at radius 2 is 1.96 bits per heavy atom. The smallest absolute Gasteiger partial charge is 0.407 e. The molecule has 1 aromatic carbocycles. The minimum absolute atomic E-state index is 0.257. The molecule has 0 atom stereocenters. The maximum Gasteiger partial charge on any atom is 0.407 e. The van der Waals surface area contributed by atoms with Gasteiger partial charge in [-0.3, -0.25) is 9.88 Å². The van der Waals surface area contributed by atoms with Crippen molar-refractivity contribution in [3.63, 3.8) is 0 Å². The van der Waals surface area contributed by atoms with Crippen molar-refractivity contribution in [2.45, 2.75) is 13.5 Å². The van der Waals surface area contributed by atoms with Gasteiger partial charge in [0.05, 0.1) is 5.69 Å². The van der Waals surface area contributed by atoms with Crippen molar-refractivity contribution in [3.8, 4) is 11.1 Å². The molecule has 1 fully saturated rings. The molecule has 0 spiro atoms. The summed E-state index contributed by atoms with van der Waals surface area (Å²) in [5.74, 6) is -0.257. The average Bonchev–Trinajstić information content (AvgIpc) is 2.55. The van der Waals surface area contributed by atoms with E-state index in [1.165, 1.54) is 17.0 Å². The van der Waals surface area contributed by atoms with E-state index in [0.717, 1.165) is 22.5 Å². The van der Waals surface area contributed by atoms with E-state index in [2.05, 4.69) is 9.88 Å². The third-order valence-corrected chi connectivity index (χ3v) is 4.31. The maximum atomic E-state index is 13.4. The summed E-state index contributed by atoms with van der Waals surface area (Å²) >= 11 is 0. The standard InChI is InChI=1S/C18H20FN3O2/c1-13-17(14-3-2-4-15(19)11-14)6-5-16(20-13)12-21-7-9-22(10-8-21)18(23)24/h2-6,11H,7-10,12H2,1H3,(H,23,24). The number of amides is 1. The number of carbonyl (C=O) groups is 1. The van der Waals surface area contributed by atoms with E-state index in [1.54, 1.807) is 6.07 Å². The predicted molar refractivity (Wildman–Crippen MR) is 89.2 cm³/mol. The molecule has 3 rings (SSSR count). The van der Waals surface area contributed by atoms with Gasteiger partial charge < -0.3 is 10.0 Å². The van der Waals surface area contributed by atoms with Gasteiger partial charge in [-0.1, -0.05) is 18.2 Å². The van der Waals surface area contributed by atoms with Gasteiger partial charge in [-0.2, -0.15) is 0 Å². The first kappa shape index (κ1) is 16.4. The first-order valence-electron chi connectivity index (χ1n) is 7.95. The average molecular weight is 329 g/mol. The molecule has 1 N–H and O–H groups in total. The highest BCUT2D eigenvalue weighted by Crippen LogP contribution is 2.23. The van der Waals surface area contributed by atoms with Gasteiger partial charge in [0.1, 0.15) is 5.82 Å². The van der Waals surface area contributed by atoms with Crippen molar-refractivity contribution in [1.29, 1.82) is 0 Å². The maximum absolute atomic E-state index is 13.4. The quantitative estimate of drug-likeness (QED) is 0.940. The highest BCUT2D eigenvalue weighted by atomic mass is 19.1. The molecule has 1 saturated heterocycles. The third kappa shape index (κ3) is 3.71. The minimum Gasteiger partial charge on any atom is -0.465 e. The normalized spacial score (nSPS) is 15.5. The monoisotopic (exact) mass is 329 g/mol. The van der Waals surface area contributed by atoms with Gasteiger partial charge in [-0.05, 0) is 30.7 Å². The van der Waals surface area contributed by atoms with Gasteiger partial charge in [-0.25, -0.2) is 9.18 Å². The van der Waals surface area contributed by atoms with Crippen LogP contribution in [0.2, 0.25) is 0 Å². The molecule has 5 nitrogen and oxygen atoms in total. The molecule has 24 heavy (non-hydrogen) atoms. The lowest BCUT2D eigenvalue weighted by molar-refractivity contribution is 0.102. The fraction of sp³-hybridized carbons (Fsp3) is 0.333. The summed E-state index contributed by atoms with van der Waals surface area (Å²) in [4.78, 5) is 19.2. The van der Waals surface area contributed by atoms with Gasteiger partial charge in [0, 0.05) is 44.0 Å². The Bertz CT molecular complexity index is 743. The van der Waals surface area contributed by atoms with Crippen LogP contribution in [0.4, 0.5) is 9.18 Å². The fourth-order valence-corrected chi connectivity index (χ4v) is 2.99. The van der Waals surface area contributed by atoms with Crippen LogP contribution in [0.1, 0.15) is 11.4 Å². The van der Waals surface area contributed by atoms with Crippen molar-refractivity contribution in [2.75, 3.05) is 26.2 Å². The number of aromatic nitrogens is 1. The Balaban J connectivity index is 1.68. The van der Waals surface area contributed by atoms with Crippen molar-refractivity contribution >= 4 is 6.09 Å². The van der Waals surface area contributed by atoms with Crippen LogP contribution in [0.3, 0.4) is 0 Å². The Kier molecular flexibility index (Phi) is 4.76.